The first-order chi connectivity index (χ1) is 17.2. The molecule has 35 heavy (non-hydrogen) atoms. The number of aryl methyl sites for hydroxylation is 2. The third kappa shape index (κ3) is 3.85. The number of para-hydroxylation sites is 2. The van der Waals surface area contributed by atoms with Crippen molar-refractivity contribution in [1.29, 1.82) is 0 Å². The fraction of sp³-hybridized carbons (Fsp3) is 0.0741. The van der Waals surface area contributed by atoms with Crippen LogP contribution in [0.15, 0.2) is 95.1 Å². The Kier molecular flexibility index (Phi) is 5.11. The summed E-state index contributed by atoms with van der Waals surface area (Å²) >= 11 is 0. The number of rotatable bonds is 5. The summed E-state index contributed by atoms with van der Waals surface area (Å²) in [6.07, 6.45) is 3.98. The second-order valence-corrected chi connectivity index (χ2v) is 8.22. The summed E-state index contributed by atoms with van der Waals surface area (Å²) in [7, 11) is 0. The number of H-pyrrole nitrogens is 1. The van der Waals surface area contributed by atoms with Crippen molar-refractivity contribution in [2.75, 3.05) is 0 Å². The normalized spacial score (nSPS) is 11.8. The van der Waals surface area contributed by atoms with Crippen LogP contribution in [0.5, 0.6) is 0 Å². The highest BCUT2D eigenvalue weighted by molar-refractivity contribution is 6.03. The van der Waals surface area contributed by atoms with Crippen molar-refractivity contribution >= 4 is 39.4 Å². The summed E-state index contributed by atoms with van der Waals surface area (Å²) < 4.78 is 16.5. The van der Waals surface area contributed by atoms with Crippen molar-refractivity contribution in [1.82, 2.24) is 19.2 Å². The number of halogens is 1. The van der Waals surface area contributed by atoms with E-state index in [0.29, 0.717) is 45.3 Å². The monoisotopic (exact) mass is 463 g/mol. The Morgan fingerprint density at radius 2 is 1.63 bits per heavy atom. The average Bonchev–Trinajstić information content (AvgIpc) is 3.20. The van der Waals surface area contributed by atoms with Gasteiger partial charge < -0.3 is 0 Å². The number of aromatic nitrogens is 5. The van der Waals surface area contributed by atoms with Gasteiger partial charge in [0.25, 0.3) is 5.65 Å². The average molecular weight is 463 g/mol. The van der Waals surface area contributed by atoms with Crippen LogP contribution in [-0.2, 0) is 13.0 Å². The first-order valence-corrected chi connectivity index (χ1v) is 11.2. The number of hydrogen-bond donors (Lipinski definition) is 0. The van der Waals surface area contributed by atoms with E-state index in [2.05, 4.69) is 10.1 Å². The van der Waals surface area contributed by atoms with Crippen LogP contribution in [0.2, 0.25) is 0 Å². The Balaban J connectivity index is 1.53. The van der Waals surface area contributed by atoms with Crippen molar-refractivity contribution in [2.24, 2.45) is 5.10 Å². The number of nitrogens with one attached hydrogen (secondary N) is 1. The second kappa shape index (κ2) is 8.57. The van der Waals surface area contributed by atoms with E-state index in [-0.39, 0.29) is 11.4 Å². The molecule has 0 aliphatic carbocycles. The third-order valence-corrected chi connectivity index (χ3v) is 5.95. The van der Waals surface area contributed by atoms with E-state index in [0.717, 1.165) is 12.0 Å². The maximum atomic E-state index is 13.6. The molecule has 0 saturated heterocycles. The van der Waals surface area contributed by atoms with Crippen LogP contribution in [0, 0.1) is 5.82 Å². The van der Waals surface area contributed by atoms with Gasteiger partial charge in [0.1, 0.15) is 11.3 Å². The van der Waals surface area contributed by atoms with Crippen LogP contribution >= 0.6 is 0 Å². The quantitative estimate of drug-likeness (QED) is 0.363. The molecule has 0 unspecified atom stereocenters. The van der Waals surface area contributed by atoms with E-state index in [1.165, 1.54) is 12.1 Å². The van der Waals surface area contributed by atoms with Crippen LogP contribution in [0.1, 0.15) is 11.1 Å². The highest BCUT2D eigenvalue weighted by atomic mass is 19.1. The van der Waals surface area contributed by atoms with Crippen molar-refractivity contribution in [3.05, 3.63) is 112 Å². The van der Waals surface area contributed by atoms with E-state index >= 15 is 0 Å². The molecule has 0 aliphatic heterocycles. The molecule has 0 atom stereocenters. The molecule has 0 fully saturated rings. The molecule has 0 saturated carbocycles. The zero-order chi connectivity index (χ0) is 23.8. The molecule has 3 aromatic heterocycles. The number of aromatic amines is 1. The van der Waals surface area contributed by atoms with E-state index in [4.69, 9.17) is 9.97 Å². The fourth-order valence-corrected chi connectivity index (χ4v) is 4.15. The highest BCUT2D eigenvalue weighted by Crippen LogP contribution is 2.23. The highest BCUT2D eigenvalue weighted by Gasteiger charge is 2.24. The van der Waals surface area contributed by atoms with Gasteiger partial charge in [0.05, 0.1) is 23.8 Å². The first-order valence-electron chi connectivity index (χ1n) is 11.2. The Morgan fingerprint density at radius 3 is 2.40 bits per heavy atom. The Morgan fingerprint density at radius 1 is 0.914 bits per heavy atom. The molecule has 8 heteroatoms. The number of nitrogens with zero attached hydrogens (tertiary/aromatic N) is 5. The largest absolute Gasteiger partial charge is 0.322 e. The van der Waals surface area contributed by atoms with Gasteiger partial charge in [-0.1, -0.05) is 54.6 Å². The summed E-state index contributed by atoms with van der Waals surface area (Å²) in [5, 5.41) is 5.00. The Hall–Kier alpha value is -4.72. The van der Waals surface area contributed by atoms with Gasteiger partial charge >= 0.3 is 5.56 Å². The van der Waals surface area contributed by atoms with Gasteiger partial charge in [0.2, 0.25) is 5.65 Å². The van der Waals surface area contributed by atoms with Gasteiger partial charge in [-0.25, -0.2) is 28.7 Å². The molecule has 0 amide bonds. The zero-order valence-corrected chi connectivity index (χ0v) is 18.6. The lowest BCUT2D eigenvalue weighted by atomic mass is 10.1. The summed E-state index contributed by atoms with van der Waals surface area (Å²) in [4.78, 5) is 26.4. The number of benzene rings is 3. The van der Waals surface area contributed by atoms with Crippen molar-refractivity contribution < 1.29 is 9.37 Å². The minimum Gasteiger partial charge on any atom is -0.250 e. The molecule has 3 aromatic carbocycles. The molecule has 6 aromatic rings. The van der Waals surface area contributed by atoms with Gasteiger partial charge in [-0.3, -0.25) is 0 Å². The molecule has 170 valence electrons. The summed E-state index contributed by atoms with van der Waals surface area (Å²) in [6.45, 7) is 0.516. The molecule has 0 spiro atoms. The fourth-order valence-electron chi connectivity index (χ4n) is 4.15. The van der Waals surface area contributed by atoms with Crippen LogP contribution < -0.4 is 10.5 Å². The van der Waals surface area contributed by atoms with Crippen LogP contribution in [-0.4, -0.2) is 25.4 Å². The molecule has 0 bridgehead atoms. The molecular formula is C27H20FN6O+. The first kappa shape index (κ1) is 20.9. The Labute approximate surface area is 198 Å². The van der Waals surface area contributed by atoms with Gasteiger partial charge in [0.15, 0.2) is 11.7 Å². The standard InChI is InChI=1S/C27H19FN6O/c28-20-12-10-19(11-13-20)16-30-34-25-23(24-26(34)32-22-9-5-4-8-21(22)31-24)27(35)33(17-29-25)15-14-18-6-2-1-3-7-18/h1-13,16-17H,14-15H2/p+1/b30-16+. The number of hydrogen-bond acceptors (Lipinski definition) is 4. The lowest BCUT2D eigenvalue weighted by molar-refractivity contribution is -0.357. The predicted molar refractivity (Wildman–Crippen MR) is 133 cm³/mol. The summed E-state index contributed by atoms with van der Waals surface area (Å²) in [5.74, 6) is -0.319. The second-order valence-electron chi connectivity index (χ2n) is 8.22. The smallest absolute Gasteiger partial charge is 0.250 e. The lowest BCUT2D eigenvalue weighted by Crippen LogP contribution is -2.27. The minimum atomic E-state index is -0.319. The topological polar surface area (TPSA) is 79.2 Å². The van der Waals surface area contributed by atoms with Crippen LogP contribution in [0.3, 0.4) is 0 Å². The SMILES string of the molecule is O=c1c2c3nc4ccccc4nc3n(/N=C/c3ccc(F)cc3)c2[nH+]cn1CCc1ccccc1. The van der Waals surface area contributed by atoms with Gasteiger partial charge in [-0.2, -0.15) is 0 Å². The van der Waals surface area contributed by atoms with E-state index in [1.54, 1.807) is 33.9 Å². The number of fused-ring (bicyclic) bond motifs is 4. The van der Waals surface area contributed by atoms with Crippen LogP contribution in [0.25, 0.3) is 33.2 Å². The molecule has 6 rings (SSSR count). The molecule has 1 N–H and O–H groups in total. The lowest BCUT2D eigenvalue weighted by Gasteiger charge is -2.02. The predicted octanol–water partition coefficient (Wildman–Crippen LogP) is 3.98. The summed E-state index contributed by atoms with van der Waals surface area (Å²) in [6, 6.07) is 23.6. The maximum Gasteiger partial charge on any atom is 0.322 e. The van der Waals surface area contributed by atoms with Crippen LogP contribution in [0.4, 0.5) is 4.39 Å². The molecule has 3 heterocycles. The van der Waals surface area contributed by atoms with Crippen molar-refractivity contribution in [3.8, 4) is 0 Å². The van der Waals surface area contributed by atoms with Gasteiger partial charge in [-0.05, 0) is 35.4 Å². The molecule has 0 aliphatic rings. The van der Waals surface area contributed by atoms with Gasteiger partial charge in [0, 0.05) is 6.42 Å². The maximum absolute atomic E-state index is 13.6. The minimum absolute atomic E-state index is 0.167. The van der Waals surface area contributed by atoms with Crippen molar-refractivity contribution in [2.45, 2.75) is 13.0 Å². The van der Waals surface area contributed by atoms with E-state index < -0.39 is 0 Å². The Bertz CT molecular complexity index is 1770. The summed E-state index contributed by atoms with van der Waals surface area (Å²) in [5.41, 5.74) is 4.53. The molecular weight excluding hydrogens is 443 g/mol. The third-order valence-electron chi connectivity index (χ3n) is 5.95. The van der Waals surface area contributed by atoms with Crippen molar-refractivity contribution in [3.63, 3.8) is 0 Å². The van der Waals surface area contributed by atoms with E-state index in [9.17, 15) is 9.18 Å². The molecule has 7 nitrogen and oxygen atoms in total. The zero-order valence-electron chi connectivity index (χ0n) is 18.6. The molecule has 0 radical (unpaired) electrons. The van der Waals surface area contributed by atoms with E-state index in [1.807, 2.05) is 54.6 Å². The van der Waals surface area contributed by atoms with Gasteiger partial charge in [-0.15, -0.1) is 9.78 Å².